The Bertz CT molecular complexity index is 340. The van der Waals surface area contributed by atoms with Crippen LogP contribution in [0, 0.1) is 5.41 Å². The van der Waals surface area contributed by atoms with Crippen molar-refractivity contribution in [2.75, 3.05) is 13.2 Å². The summed E-state index contributed by atoms with van der Waals surface area (Å²) in [5.74, 6) is -0.575. The number of carbonyl (C=O) groups is 2. The zero-order valence-electron chi connectivity index (χ0n) is 11.3. The molecule has 0 aromatic heterocycles. The Hall–Kier alpha value is -1.20. The van der Waals surface area contributed by atoms with Crippen molar-refractivity contribution in [3.63, 3.8) is 0 Å². The summed E-state index contributed by atoms with van der Waals surface area (Å²) < 4.78 is 15.7. The van der Waals surface area contributed by atoms with Gasteiger partial charge in [-0.2, -0.15) is 0 Å². The fourth-order valence-corrected chi connectivity index (χ4v) is 1.30. The third kappa shape index (κ3) is 4.23. The minimum Gasteiger partial charge on any atom is -0.462 e. The highest BCUT2D eigenvalue weighted by Gasteiger charge is 2.29. The molecule has 2 atom stereocenters. The maximum Gasteiger partial charge on any atom is 0.311 e. The molecule has 0 unspecified atom stereocenters. The summed E-state index contributed by atoms with van der Waals surface area (Å²) >= 11 is 0. The average molecular weight is 256 g/mol. The van der Waals surface area contributed by atoms with E-state index in [1.807, 2.05) is 6.92 Å². The van der Waals surface area contributed by atoms with Crippen molar-refractivity contribution < 1.29 is 23.8 Å². The summed E-state index contributed by atoms with van der Waals surface area (Å²) in [7, 11) is 0. The van der Waals surface area contributed by atoms with Crippen molar-refractivity contribution in [3.8, 4) is 0 Å². The molecular formula is C13H20O5. The fourth-order valence-electron chi connectivity index (χ4n) is 1.30. The molecule has 0 spiro atoms. The summed E-state index contributed by atoms with van der Waals surface area (Å²) in [6.07, 6.45) is 1.62. The van der Waals surface area contributed by atoms with E-state index in [-0.39, 0.29) is 18.4 Å². The minimum absolute atomic E-state index is 0.0805. The van der Waals surface area contributed by atoms with Gasteiger partial charge in [0.05, 0.1) is 5.41 Å². The highest BCUT2D eigenvalue weighted by Crippen LogP contribution is 2.17. The van der Waals surface area contributed by atoms with Crippen LogP contribution in [0.5, 0.6) is 0 Å². The average Bonchev–Trinajstić information content (AvgIpc) is 2.28. The standard InChI is InChI=1S/C13H20O5/c1-5-16-11-7-6-9(14)10(18-11)8-17-12(15)13(2,3)4/h6-7,10-11H,5,8H2,1-4H3/t10-,11+/m1/s1. The first-order valence-electron chi connectivity index (χ1n) is 6.01. The molecule has 5 nitrogen and oxygen atoms in total. The van der Waals surface area contributed by atoms with Gasteiger partial charge in [-0.3, -0.25) is 9.59 Å². The van der Waals surface area contributed by atoms with Gasteiger partial charge in [0.25, 0.3) is 0 Å². The second-order valence-corrected chi connectivity index (χ2v) is 5.06. The number of rotatable bonds is 4. The molecule has 1 aliphatic rings. The lowest BCUT2D eigenvalue weighted by Crippen LogP contribution is -2.38. The van der Waals surface area contributed by atoms with E-state index < -0.39 is 17.8 Å². The number of ether oxygens (including phenoxy) is 3. The largest absolute Gasteiger partial charge is 0.462 e. The molecule has 0 amide bonds. The monoisotopic (exact) mass is 256 g/mol. The van der Waals surface area contributed by atoms with E-state index in [4.69, 9.17) is 14.2 Å². The molecule has 1 aliphatic heterocycles. The quantitative estimate of drug-likeness (QED) is 0.713. The molecule has 1 rings (SSSR count). The van der Waals surface area contributed by atoms with E-state index in [9.17, 15) is 9.59 Å². The van der Waals surface area contributed by atoms with Crippen molar-refractivity contribution >= 4 is 11.8 Å². The lowest BCUT2D eigenvalue weighted by molar-refractivity contribution is -0.178. The molecule has 0 fully saturated rings. The van der Waals surface area contributed by atoms with Crippen LogP contribution in [0.1, 0.15) is 27.7 Å². The molecule has 0 N–H and O–H groups in total. The fraction of sp³-hybridized carbons (Fsp3) is 0.692. The smallest absolute Gasteiger partial charge is 0.311 e. The molecule has 0 aromatic carbocycles. The Kier molecular flexibility index (Phi) is 5.04. The molecule has 102 valence electrons. The van der Waals surface area contributed by atoms with Crippen molar-refractivity contribution in [1.29, 1.82) is 0 Å². The van der Waals surface area contributed by atoms with Gasteiger partial charge >= 0.3 is 5.97 Å². The summed E-state index contributed by atoms with van der Waals surface area (Å²) in [6.45, 7) is 7.49. The van der Waals surface area contributed by atoms with Gasteiger partial charge in [-0.1, -0.05) is 0 Å². The van der Waals surface area contributed by atoms with Crippen LogP contribution in [0.2, 0.25) is 0 Å². The Morgan fingerprint density at radius 2 is 2.11 bits per heavy atom. The van der Waals surface area contributed by atoms with E-state index in [0.717, 1.165) is 0 Å². The van der Waals surface area contributed by atoms with E-state index in [0.29, 0.717) is 6.61 Å². The molecule has 18 heavy (non-hydrogen) atoms. The molecule has 5 heteroatoms. The highest BCUT2D eigenvalue weighted by molar-refractivity contribution is 5.94. The third-order valence-electron chi connectivity index (χ3n) is 2.34. The van der Waals surface area contributed by atoms with Crippen molar-refractivity contribution in [1.82, 2.24) is 0 Å². The predicted octanol–water partition coefficient (Wildman–Crippen LogP) is 1.46. The van der Waals surface area contributed by atoms with Gasteiger partial charge in [0.1, 0.15) is 6.61 Å². The van der Waals surface area contributed by atoms with Gasteiger partial charge in [-0.15, -0.1) is 0 Å². The van der Waals surface area contributed by atoms with Gasteiger partial charge < -0.3 is 14.2 Å². The van der Waals surface area contributed by atoms with Gasteiger partial charge in [0.2, 0.25) is 0 Å². The topological polar surface area (TPSA) is 61.8 Å². The number of carbonyl (C=O) groups excluding carboxylic acids is 2. The molecule has 0 saturated carbocycles. The summed E-state index contributed by atoms with van der Waals surface area (Å²) in [5, 5.41) is 0. The maximum absolute atomic E-state index is 11.6. The van der Waals surface area contributed by atoms with Crippen LogP contribution in [0.15, 0.2) is 12.2 Å². The normalized spacial score (nSPS) is 24.1. The number of hydrogen-bond acceptors (Lipinski definition) is 5. The van der Waals surface area contributed by atoms with Gasteiger partial charge in [0, 0.05) is 6.61 Å². The van der Waals surface area contributed by atoms with Crippen LogP contribution in [-0.2, 0) is 23.8 Å². The summed E-state index contributed by atoms with van der Waals surface area (Å²) in [5.41, 5.74) is -0.590. The first kappa shape index (κ1) is 14.9. The lowest BCUT2D eigenvalue weighted by Gasteiger charge is -2.25. The van der Waals surface area contributed by atoms with Crippen molar-refractivity contribution in [3.05, 3.63) is 12.2 Å². The summed E-state index contributed by atoms with van der Waals surface area (Å²) in [6, 6.07) is 0. The minimum atomic E-state index is -0.780. The van der Waals surface area contributed by atoms with Crippen molar-refractivity contribution in [2.45, 2.75) is 40.1 Å². The van der Waals surface area contributed by atoms with E-state index in [1.54, 1.807) is 26.8 Å². The predicted molar refractivity (Wildman–Crippen MR) is 64.8 cm³/mol. The van der Waals surface area contributed by atoms with Gasteiger partial charge in [-0.25, -0.2) is 0 Å². The Balaban J connectivity index is 2.49. The molecule has 0 saturated heterocycles. The third-order valence-corrected chi connectivity index (χ3v) is 2.34. The first-order valence-corrected chi connectivity index (χ1v) is 6.01. The van der Waals surface area contributed by atoms with Gasteiger partial charge in [0.15, 0.2) is 18.2 Å². The second-order valence-electron chi connectivity index (χ2n) is 5.06. The molecule has 1 heterocycles. The Labute approximate surface area is 107 Å². The number of esters is 1. The van der Waals surface area contributed by atoms with E-state index >= 15 is 0 Å². The maximum atomic E-state index is 11.6. The molecule has 0 aliphatic carbocycles. The lowest BCUT2D eigenvalue weighted by atomic mass is 9.97. The number of ketones is 1. The molecule has 0 bridgehead atoms. The van der Waals surface area contributed by atoms with Gasteiger partial charge in [-0.05, 0) is 39.8 Å². The van der Waals surface area contributed by atoms with Crippen LogP contribution < -0.4 is 0 Å². The first-order chi connectivity index (χ1) is 8.34. The zero-order valence-corrected chi connectivity index (χ0v) is 11.3. The van der Waals surface area contributed by atoms with Crippen LogP contribution in [0.3, 0.4) is 0 Å². The highest BCUT2D eigenvalue weighted by atomic mass is 16.7. The molecular weight excluding hydrogens is 236 g/mol. The van der Waals surface area contributed by atoms with Crippen LogP contribution in [-0.4, -0.2) is 37.4 Å². The Morgan fingerprint density at radius 1 is 1.44 bits per heavy atom. The second kappa shape index (κ2) is 6.11. The SMILES string of the molecule is CCO[C@@H]1C=CC(=O)[C@@H](COC(=O)C(C)(C)C)O1. The van der Waals surface area contributed by atoms with Crippen LogP contribution >= 0.6 is 0 Å². The van der Waals surface area contributed by atoms with E-state index in [2.05, 4.69) is 0 Å². The zero-order chi connectivity index (χ0) is 13.8. The van der Waals surface area contributed by atoms with Crippen LogP contribution in [0.25, 0.3) is 0 Å². The molecule has 0 radical (unpaired) electrons. The molecule has 0 aromatic rings. The summed E-state index contributed by atoms with van der Waals surface area (Å²) in [4.78, 5) is 23.1. The number of hydrogen-bond donors (Lipinski definition) is 0. The van der Waals surface area contributed by atoms with Crippen molar-refractivity contribution in [2.24, 2.45) is 5.41 Å². The van der Waals surface area contributed by atoms with Crippen LogP contribution in [0.4, 0.5) is 0 Å². The Morgan fingerprint density at radius 3 is 2.67 bits per heavy atom. The van der Waals surface area contributed by atoms with E-state index in [1.165, 1.54) is 6.08 Å².